The number of aryl methyl sites for hydroxylation is 1. The van der Waals surface area contributed by atoms with E-state index in [4.69, 9.17) is 0 Å². The summed E-state index contributed by atoms with van der Waals surface area (Å²) in [5.74, 6) is 0.529. The number of hydrogen-bond acceptors (Lipinski definition) is 3. The van der Waals surface area contributed by atoms with E-state index in [0.29, 0.717) is 11.9 Å². The molecule has 0 aromatic carbocycles. The van der Waals surface area contributed by atoms with Gasteiger partial charge in [0.25, 0.3) is 0 Å². The first-order chi connectivity index (χ1) is 8.16. The number of hydrogen-bond donors (Lipinski definition) is 2. The third-order valence-corrected chi connectivity index (χ3v) is 3.28. The summed E-state index contributed by atoms with van der Waals surface area (Å²) in [6.45, 7) is 1.87. The third-order valence-electron chi connectivity index (χ3n) is 3.28. The van der Waals surface area contributed by atoms with Crippen molar-refractivity contribution in [3.63, 3.8) is 0 Å². The van der Waals surface area contributed by atoms with Crippen molar-refractivity contribution in [1.29, 1.82) is 0 Å². The largest absolute Gasteiger partial charge is 0.335 e. The van der Waals surface area contributed by atoms with Gasteiger partial charge in [0.2, 0.25) is 0 Å². The highest BCUT2D eigenvalue weighted by Crippen LogP contribution is 2.17. The van der Waals surface area contributed by atoms with E-state index in [1.165, 1.54) is 19.3 Å². The fourth-order valence-electron chi connectivity index (χ4n) is 2.10. The molecule has 0 unspecified atom stereocenters. The molecule has 0 saturated heterocycles. The molecule has 94 valence electrons. The lowest BCUT2D eigenvalue weighted by Crippen LogP contribution is -2.39. The average Bonchev–Trinajstić information content (AvgIpc) is 2.62. The van der Waals surface area contributed by atoms with E-state index in [9.17, 15) is 4.79 Å². The van der Waals surface area contributed by atoms with Gasteiger partial charge in [-0.25, -0.2) is 4.79 Å². The molecule has 17 heavy (non-hydrogen) atoms. The zero-order valence-corrected chi connectivity index (χ0v) is 10.4. The molecule has 6 nitrogen and oxygen atoms in total. The number of urea groups is 1. The number of amides is 2. The molecule has 2 rings (SSSR count). The average molecular weight is 237 g/mol. The predicted molar refractivity (Wildman–Crippen MR) is 64.8 cm³/mol. The summed E-state index contributed by atoms with van der Waals surface area (Å²) >= 11 is 0. The third kappa shape index (κ3) is 2.95. The van der Waals surface area contributed by atoms with E-state index >= 15 is 0 Å². The summed E-state index contributed by atoms with van der Waals surface area (Å²) in [4.78, 5) is 11.7. The second kappa shape index (κ2) is 5.16. The Morgan fingerprint density at radius 1 is 1.35 bits per heavy atom. The fourth-order valence-corrected chi connectivity index (χ4v) is 2.10. The van der Waals surface area contributed by atoms with Crippen molar-refractivity contribution < 1.29 is 4.79 Å². The smallest absolute Gasteiger partial charge is 0.320 e. The standard InChI is InChI=1S/C11H19N5O/c1-8-10(14-15-16(8)2)13-11(17)12-9-6-4-3-5-7-9/h9H,3-7H2,1-2H3,(H2,12,13,17). The maximum absolute atomic E-state index is 11.7. The molecular weight excluding hydrogens is 218 g/mol. The molecule has 2 N–H and O–H groups in total. The van der Waals surface area contributed by atoms with Gasteiger partial charge in [-0.05, 0) is 19.8 Å². The van der Waals surface area contributed by atoms with Gasteiger partial charge in [0.05, 0.1) is 5.69 Å². The number of aromatic nitrogens is 3. The number of anilines is 1. The highest BCUT2D eigenvalue weighted by molar-refractivity contribution is 5.88. The maximum Gasteiger partial charge on any atom is 0.320 e. The fraction of sp³-hybridized carbons (Fsp3) is 0.727. The normalized spacial score (nSPS) is 16.8. The molecule has 1 fully saturated rings. The molecule has 1 aliphatic rings. The second-order valence-corrected chi connectivity index (χ2v) is 4.58. The zero-order valence-electron chi connectivity index (χ0n) is 10.4. The molecule has 0 radical (unpaired) electrons. The summed E-state index contributed by atoms with van der Waals surface area (Å²) in [5.41, 5.74) is 0.851. The first kappa shape index (κ1) is 11.9. The highest BCUT2D eigenvalue weighted by atomic mass is 16.2. The Labute approximate surface area is 101 Å². The lowest BCUT2D eigenvalue weighted by atomic mass is 9.96. The van der Waals surface area contributed by atoms with Crippen LogP contribution in [0, 0.1) is 6.92 Å². The van der Waals surface area contributed by atoms with Crippen molar-refractivity contribution in [2.24, 2.45) is 7.05 Å². The Morgan fingerprint density at radius 3 is 2.65 bits per heavy atom. The monoisotopic (exact) mass is 237 g/mol. The zero-order chi connectivity index (χ0) is 12.3. The van der Waals surface area contributed by atoms with Crippen LogP contribution in [-0.4, -0.2) is 27.1 Å². The molecule has 1 saturated carbocycles. The molecule has 0 atom stereocenters. The van der Waals surface area contributed by atoms with Crippen molar-refractivity contribution in [2.45, 2.75) is 45.1 Å². The van der Waals surface area contributed by atoms with E-state index in [1.807, 2.05) is 6.92 Å². The first-order valence-electron chi connectivity index (χ1n) is 6.10. The van der Waals surface area contributed by atoms with E-state index in [2.05, 4.69) is 20.9 Å². The van der Waals surface area contributed by atoms with E-state index in [0.717, 1.165) is 18.5 Å². The number of nitrogens with one attached hydrogen (secondary N) is 2. The highest BCUT2D eigenvalue weighted by Gasteiger charge is 2.16. The van der Waals surface area contributed by atoms with Crippen molar-refractivity contribution >= 4 is 11.8 Å². The molecule has 0 bridgehead atoms. The van der Waals surface area contributed by atoms with Crippen molar-refractivity contribution in [3.05, 3.63) is 5.69 Å². The molecule has 1 aromatic rings. The summed E-state index contributed by atoms with van der Waals surface area (Å²) in [5, 5.41) is 13.4. The van der Waals surface area contributed by atoms with Crippen LogP contribution >= 0.6 is 0 Å². The summed E-state index contributed by atoms with van der Waals surface area (Å²) in [7, 11) is 1.80. The van der Waals surface area contributed by atoms with Crippen LogP contribution in [-0.2, 0) is 7.05 Å². The second-order valence-electron chi connectivity index (χ2n) is 4.58. The first-order valence-corrected chi connectivity index (χ1v) is 6.10. The lowest BCUT2D eigenvalue weighted by molar-refractivity contribution is 0.244. The van der Waals surface area contributed by atoms with Gasteiger partial charge in [0, 0.05) is 13.1 Å². The Hall–Kier alpha value is -1.59. The van der Waals surface area contributed by atoms with Crippen molar-refractivity contribution in [2.75, 3.05) is 5.32 Å². The molecule has 0 spiro atoms. The Kier molecular flexibility index (Phi) is 3.61. The van der Waals surface area contributed by atoms with Crippen LogP contribution in [0.25, 0.3) is 0 Å². The molecule has 6 heteroatoms. The summed E-state index contributed by atoms with van der Waals surface area (Å²) in [6.07, 6.45) is 5.84. The van der Waals surface area contributed by atoms with Gasteiger partial charge < -0.3 is 5.32 Å². The van der Waals surface area contributed by atoms with Crippen LogP contribution in [0.2, 0.25) is 0 Å². The lowest BCUT2D eigenvalue weighted by Gasteiger charge is -2.22. The minimum Gasteiger partial charge on any atom is -0.335 e. The Bertz CT molecular complexity index is 395. The minimum absolute atomic E-state index is 0.180. The van der Waals surface area contributed by atoms with Gasteiger partial charge in [-0.15, -0.1) is 5.10 Å². The quantitative estimate of drug-likeness (QED) is 0.820. The number of carbonyl (C=O) groups excluding carboxylic acids is 1. The Balaban J connectivity index is 1.86. The molecule has 0 aliphatic heterocycles. The van der Waals surface area contributed by atoms with Crippen LogP contribution in [0.3, 0.4) is 0 Å². The van der Waals surface area contributed by atoms with Gasteiger partial charge in [-0.1, -0.05) is 24.5 Å². The van der Waals surface area contributed by atoms with Gasteiger partial charge >= 0.3 is 6.03 Å². The van der Waals surface area contributed by atoms with E-state index < -0.39 is 0 Å². The number of carbonyl (C=O) groups is 1. The number of nitrogens with zero attached hydrogens (tertiary/aromatic N) is 3. The topological polar surface area (TPSA) is 71.8 Å². The van der Waals surface area contributed by atoms with Gasteiger partial charge in [0.1, 0.15) is 0 Å². The van der Waals surface area contributed by atoms with Crippen molar-refractivity contribution in [3.8, 4) is 0 Å². The summed E-state index contributed by atoms with van der Waals surface area (Å²) in [6, 6.07) is 0.126. The van der Waals surface area contributed by atoms with Crippen LogP contribution in [0.1, 0.15) is 37.8 Å². The van der Waals surface area contributed by atoms with Crippen LogP contribution in [0.5, 0.6) is 0 Å². The molecule has 1 aromatic heterocycles. The van der Waals surface area contributed by atoms with E-state index in [-0.39, 0.29) is 6.03 Å². The molecule has 2 amide bonds. The summed E-state index contributed by atoms with van der Waals surface area (Å²) < 4.78 is 1.64. The Morgan fingerprint density at radius 2 is 2.06 bits per heavy atom. The maximum atomic E-state index is 11.7. The van der Waals surface area contributed by atoms with Crippen LogP contribution in [0.4, 0.5) is 10.6 Å². The van der Waals surface area contributed by atoms with Crippen LogP contribution in [0.15, 0.2) is 0 Å². The minimum atomic E-state index is -0.180. The molecule has 1 heterocycles. The SMILES string of the molecule is Cc1c(NC(=O)NC2CCCCC2)nnn1C. The van der Waals surface area contributed by atoms with Crippen LogP contribution < -0.4 is 10.6 Å². The number of rotatable bonds is 2. The molecular formula is C11H19N5O. The van der Waals surface area contributed by atoms with Gasteiger partial charge in [-0.2, -0.15) is 0 Å². The predicted octanol–water partition coefficient (Wildman–Crippen LogP) is 1.58. The van der Waals surface area contributed by atoms with Crippen molar-refractivity contribution in [1.82, 2.24) is 20.3 Å². The molecule has 1 aliphatic carbocycles. The van der Waals surface area contributed by atoms with Gasteiger partial charge in [-0.3, -0.25) is 10.00 Å². The van der Waals surface area contributed by atoms with Gasteiger partial charge in [0.15, 0.2) is 5.82 Å². The van der Waals surface area contributed by atoms with E-state index in [1.54, 1.807) is 11.7 Å².